The first-order chi connectivity index (χ1) is 8.08. The number of nitrogens with one attached hydrogen (secondary N) is 2. The Morgan fingerprint density at radius 2 is 2.18 bits per heavy atom. The van der Waals surface area contributed by atoms with Crippen LogP contribution in [0, 0.1) is 6.92 Å². The quantitative estimate of drug-likeness (QED) is 0.736. The monoisotopic (exact) mass is 255 g/mol. The van der Waals surface area contributed by atoms with Crippen molar-refractivity contribution < 1.29 is 9.59 Å². The average Bonchev–Trinajstić information content (AvgIpc) is 2.67. The molecule has 0 saturated heterocycles. The molecule has 0 saturated carbocycles. The van der Waals surface area contributed by atoms with Crippen LogP contribution in [0.1, 0.15) is 28.6 Å². The summed E-state index contributed by atoms with van der Waals surface area (Å²) in [5, 5.41) is 6.01. The minimum absolute atomic E-state index is 0.0975. The lowest BCUT2D eigenvalue weighted by molar-refractivity contribution is -0.115. The number of aryl methyl sites for hydroxylation is 1. The first kappa shape index (κ1) is 13.7. The molecule has 0 aliphatic rings. The summed E-state index contributed by atoms with van der Waals surface area (Å²) in [6, 6.07) is 1.77. The average molecular weight is 255 g/mol. The molecule has 0 aliphatic heterocycles. The molecule has 6 heteroatoms. The van der Waals surface area contributed by atoms with Crippen LogP contribution in [-0.2, 0) is 4.79 Å². The van der Waals surface area contributed by atoms with E-state index < -0.39 is 0 Å². The van der Waals surface area contributed by atoms with Gasteiger partial charge in [-0.1, -0.05) is 6.92 Å². The van der Waals surface area contributed by atoms with Gasteiger partial charge in [0.2, 0.25) is 5.91 Å². The second kappa shape index (κ2) is 6.36. The summed E-state index contributed by atoms with van der Waals surface area (Å²) in [6.07, 6.45) is 0.390. The minimum Gasteiger partial charge on any atom is -0.351 e. The number of hydrogen-bond donors (Lipinski definition) is 3. The van der Waals surface area contributed by atoms with Gasteiger partial charge in [0.1, 0.15) is 5.00 Å². The fourth-order valence-electron chi connectivity index (χ4n) is 1.27. The second-order valence-electron chi connectivity index (χ2n) is 3.55. The molecule has 5 nitrogen and oxygen atoms in total. The van der Waals surface area contributed by atoms with Crippen molar-refractivity contribution in [2.45, 2.75) is 20.3 Å². The first-order valence-electron chi connectivity index (χ1n) is 5.47. The van der Waals surface area contributed by atoms with E-state index in [1.165, 1.54) is 11.3 Å². The van der Waals surface area contributed by atoms with Crippen LogP contribution in [0.2, 0.25) is 0 Å². The summed E-state index contributed by atoms with van der Waals surface area (Å²) in [6.45, 7) is 4.48. The Balaban J connectivity index is 2.83. The molecule has 0 bridgehead atoms. The largest absolute Gasteiger partial charge is 0.351 e. The van der Waals surface area contributed by atoms with Crippen LogP contribution in [0.25, 0.3) is 0 Å². The molecule has 0 radical (unpaired) electrons. The lowest BCUT2D eigenvalue weighted by Crippen LogP contribution is -2.29. The van der Waals surface area contributed by atoms with E-state index in [2.05, 4.69) is 10.6 Å². The highest BCUT2D eigenvalue weighted by atomic mass is 32.1. The third kappa shape index (κ3) is 3.83. The molecule has 0 atom stereocenters. The molecule has 1 heterocycles. The number of nitrogens with two attached hydrogens (primary N) is 1. The lowest BCUT2D eigenvalue weighted by Gasteiger charge is -2.05. The van der Waals surface area contributed by atoms with Gasteiger partial charge in [-0.2, -0.15) is 0 Å². The summed E-state index contributed by atoms with van der Waals surface area (Å²) < 4.78 is 0. The van der Waals surface area contributed by atoms with Crippen LogP contribution in [-0.4, -0.2) is 24.9 Å². The molecule has 0 fully saturated rings. The Labute approximate surface area is 104 Å². The lowest BCUT2D eigenvalue weighted by atomic mass is 10.2. The van der Waals surface area contributed by atoms with Crippen molar-refractivity contribution in [3.05, 3.63) is 16.5 Å². The van der Waals surface area contributed by atoms with E-state index in [0.717, 1.165) is 4.88 Å². The van der Waals surface area contributed by atoms with E-state index in [1.807, 2.05) is 6.92 Å². The predicted molar refractivity (Wildman–Crippen MR) is 69.4 cm³/mol. The van der Waals surface area contributed by atoms with E-state index in [-0.39, 0.29) is 11.8 Å². The number of anilines is 1. The van der Waals surface area contributed by atoms with E-state index >= 15 is 0 Å². The van der Waals surface area contributed by atoms with Crippen LogP contribution >= 0.6 is 11.3 Å². The summed E-state index contributed by atoms with van der Waals surface area (Å²) in [4.78, 5) is 24.1. The summed E-state index contributed by atoms with van der Waals surface area (Å²) >= 11 is 1.40. The second-order valence-corrected chi connectivity index (χ2v) is 4.80. The molecule has 1 aromatic heterocycles. The molecule has 0 unspecified atom stereocenters. The van der Waals surface area contributed by atoms with Crippen molar-refractivity contribution in [3.63, 3.8) is 0 Å². The van der Waals surface area contributed by atoms with E-state index in [4.69, 9.17) is 5.73 Å². The number of hydrogen-bond acceptors (Lipinski definition) is 4. The number of amides is 2. The Hall–Kier alpha value is -1.40. The Bertz CT molecular complexity index is 415. The standard InChI is InChI=1S/C11H17N3O2S/c1-3-9(15)14-11-8(6-7(2)17-11)10(16)13-5-4-12/h6H,3-5,12H2,1-2H3,(H,13,16)(H,14,15). The SMILES string of the molecule is CCC(=O)Nc1sc(C)cc1C(=O)NCCN. The molecule has 1 aromatic rings. The van der Waals surface area contributed by atoms with Gasteiger partial charge < -0.3 is 16.4 Å². The van der Waals surface area contributed by atoms with Crippen molar-refractivity contribution in [1.82, 2.24) is 5.32 Å². The van der Waals surface area contributed by atoms with Gasteiger partial charge in [0, 0.05) is 24.4 Å². The molecule has 0 aliphatic carbocycles. The number of carbonyl (C=O) groups excluding carboxylic acids is 2. The van der Waals surface area contributed by atoms with E-state index in [1.54, 1.807) is 13.0 Å². The maximum atomic E-state index is 11.8. The fraction of sp³-hybridized carbons (Fsp3) is 0.455. The van der Waals surface area contributed by atoms with Crippen LogP contribution in [0.5, 0.6) is 0 Å². The number of carbonyl (C=O) groups is 2. The zero-order valence-corrected chi connectivity index (χ0v) is 10.8. The maximum absolute atomic E-state index is 11.8. The molecule has 17 heavy (non-hydrogen) atoms. The smallest absolute Gasteiger partial charge is 0.254 e. The summed E-state index contributed by atoms with van der Waals surface area (Å²) in [5.41, 5.74) is 5.82. The predicted octanol–water partition coefficient (Wildman–Crippen LogP) is 1.09. The molecule has 4 N–H and O–H groups in total. The first-order valence-corrected chi connectivity index (χ1v) is 6.28. The van der Waals surface area contributed by atoms with Gasteiger partial charge in [-0.25, -0.2) is 0 Å². The molecular formula is C11H17N3O2S. The van der Waals surface area contributed by atoms with Crippen molar-refractivity contribution in [2.75, 3.05) is 18.4 Å². The van der Waals surface area contributed by atoms with Crippen LogP contribution in [0.15, 0.2) is 6.07 Å². The summed E-state index contributed by atoms with van der Waals surface area (Å²) in [5.74, 6) is -0.300. The number of rotatable bonds is 5. The Morgan fingerprint density at radius 3 is 2.76 bits per heavy atom. The third-order valence-electron chi connectivity index (χ3n) is 2.10. The molecular weight excluding hydrogens is 238 g/mol. The highest BCUT2D eigenvalue weighted by molar-refractivity contribution is 7.16. The Kier molecular flexibility index (Phi) is 5.11. The molecule has 2 amide bonds. The van der Waals surface area contributed by atoms with Gasteiger partial charge in [-0.05, 0) is 13.0 Å². The Morgan fingerprint density at radius 1 is 1.47 bits per heavy atom. The minimum atomic E-state index is -0.203. The fourth-order valence-corrected chi connectivity index (χ4v) is 2.20. The molecule has 0 spiro atoms. The molecule has 0 aromatic carbocycles. The zero-order chi connectivity index (χ0) is 12.8. The van der Waals surface area contributed by atoms with Gasteiger partial charge in [-0.15, -0.1) is 11.3 Å². The van der Waals surface area contributed by atoms with Gasteiger partial charge in [0.25, 0.3) is 5.91 Å². The van der Waals surface area contributed by atoms with Gasteiger partial charge in [0.15, 0.2) is 0 Å². The third-order valence-corrected chi connectivity index (χ3v) is 3.07. The number of thiophene rings is 1. The van der Waals surface area contributed by atoms with Crippen LogP contribution in [0.4, 0.5) is 5.00 Å². The maximum Gasteiger partial charge on any atom is 0.254 e. The summed E-state index contributed by atoms with van der Waals surface area (Å²) in [7, 11) is 0. The van der Waals surface area contributed by atoms with Gasteiger partial charge in [0.05, 0.1) is 5.56 Å². The highest BCUT2D eigenvalue weighted by Crippen LogP contribution is 2.27. The molecule has 94 valence electrons. The molecule has 1 rings (SSSR count). The zero-order valence-electron chi connectivity index (χ0n) is 10.0. The normalized spacial score (nSPS) is 10.1. The highest BCUT2D eigenvalue weighted by Gasteiger charge is 2.15. The van der Waals surface area contributed by atoms with E-state index in [9.17, 15) is 9.59 Å². The van der Waals surface area contributed by atoms with Crippen molar-refractivity contribution >= 4 is 28.2 Å². The van der Waals surface area contributed by atoms with Gasteiger partial charge >= 0.3 is 0 Å². The van der Waals surface area contributed by atoms with E-state index in [0.29, 0.717) is 30.1 Å². The van der Waals surface area contributed by atoms with Crippen molar-refractivity contribution in [3.8, 4) is 0 Å². The van der Waals surface area contributed by atoms with Crippen LogP contribution < -0.4 is 16.4 Å². The van der Waals surface area contributed by atoms with Gasteiger partial charge in [-0.3, -0.25) is 9.59 Å². The topological polar surface area (TPSA) is 84.2 Å². The van der Waals surface area contributed by atoms with Crippen molar-refractivity contribution in [1.29, 1.82) is 0 Å². The van der Waals surface area contributed by atoms with Crippen molar-refractivity contribution in [2.24, 2.45) is 5.73 Å². The van der Waals surface area contributed by atoms with Crippen LogP contribution in [0.3, 0.4) is 0 Å².